The van der Waals surface area contributed by atoms with E-state index >= 15 is 0 Å². The van der Waals surface area contributed by atoms with Gasteiger partial charge in [-0.2, -0.15) is 0 Å². The zero-order chi connectivity index (χ0) is 11.1. The molecule has 0 unspecified atom stereocenters. The lowest BCUT2D eigenvalue weighted by Gasteiger charge is -2.23. The molecule has 5 nitrogen and oxygen atoms in total. The normalized spacial score (nSPS) is 17.0. The first-order chi connectivity index (χ1) is 7.22. The molecule has 1 aliphatic rings. The Morgan fingerprint density at radius 2 is 2.33 bits per heavy atom. The molecule has 1 rings (SSSR count). The highest BCUT2D eigenvalue weighted by molar-refractivity contribution is 5.78. The molecule has 0 radical (unpaired) electrons. The Labute approximate surface area is 90.1 Å². The van der Waals surface area contributed by atoms with Crippen LogP contribution in [0.5, 0.6) is 0 Å². The van der Waals surface area contributed by atoms with Crippen LogP contribution in [-0.2, 0) is 9.53 Å². The van der Waals surface area contributed by atoms with E-state index < -0.39 is 0 Å². The van der Waals surface area contributed by atoms with E-state index in [0.29, 0.717) is 24.8 Å². The van der Waals surface area contributed by atoms with Gasteiger partial charge in [0.15, 0.2) is 5.96 Å². The molecule has 1 saturated carbocycles. The maximum absolute atomic E-state index is 10.8. The van der Waals surface area contributed by atoms with Gasteiger partial charge in [0, 0.05) is 13.1 Å². The van der Waals surface area contributed by atoms with Crippen molar-refractivity contribution >= 4 is 11.9 Å². The third kappa shape index (κ3) is 4.67. The number of hydrogen-bond donors (Lipinski definition) is 2. The van der Waals surface area contributed by atoms with Gasteiger partial charge in [-0.25, -0.2) is 0 Å². The molecule has 1 fully saturated rings. The van der Waals surface area contributed by atoms with E-state index in [0.717, 1.165) is 6.54 Å². The number of guanidine groups is 1. The Bertz CT molecular complexity index is 237. The monoisotopic (exact) mass is 213 g/mol. The van der Waals surface area contributed by atoms with Gasteiger partial charge < -0.3 is 15.8 Å². The Morgan fingerprint density at radius 3 is 2.87 bits per heavy atom. The lowest BCUT2D eigenvalue weighted by Crippen LogP contribution is -2.34. The fourth-order valence-corrected chi connectivity index (χ4v) is 1.35. The first kappa shape index (κ1) is 11.8. The number of ether oxygens (including phenoxy) is 1. The lowest BCUT2D eigenvalue weighted by molar-refractivity contribution is -0.140. The number of methoxy groups -OCH3 is 1. The largest absolute Gasteiger partial charge is 0.469 e. The summed E-state index contributed by atoms with van der Waals surface area (Å²) in [4.78, 5) is 15.0. The summed E-state index contributed by atoms with van der Waals surface area (Å²) in [6.45, 7) is 1.28. The second-order valence-corrected chi connectivity index (χ2v) is 3.78. The Kier molecular flexibility index (Phi) is 4.93. The van der Waals surface area contributed by atoms with Gasteiger partial charge in [0.25, 0.3) is 0 Å². The minimum Gasteiger partial charge on any atom is -0.469 e. The molecule has 0 aromatic carbocycles. The maximum atomic E-state index is 10.8. The summed E-state index contributed by atoms with van der Waals surface area (Å²) >= 11 is 0. The molecule has 0 amide bonds. The summed E-state index contributed by atoms with van der Waals surface area (Å²) in [6.07, 6.45) is 4.16. The minimum atomic E-state index is -0.241. The fourth-order valence-electron chi connectivity index (χ4n) is 1.35. The second kappa shape index (κ2) is 6.27. The highest BCUT2D eigenvalue weighted by Crippen LogP contribution is 2.26. The van der Waals surface area contributed by atoms with Crippen LogP contribution in [0, 0.1) is 5.92 Å². The van der Waals surface area contributed by atoms with Crippen LogP contribution in [0.2, 0.25) is 0 Å². The van der Waals surface area contributed by atoms with Gasteiger partial charge in [0.1, 0.15) is 0 Å². The van der Waals surface area contributed by atoms with Gasteiger partial charge in [-0.1, -0.05) is 6.42 Å². The van der Waals surface area contributed by atoms with Crippen molar-refractivity contribution in [2.24, 2.45) is 16.6 Å². The van der Waals surface area contributed by atoms with Crippen LogP contribution in [-0.4, -0.2) is 32.1 Å². The number of nitrogens with zero attached hydrogens (tertiary/aromatic N) is 1. The van der Waals surface area contributed by atoms with E-state index in [2.05, 4.69) is 15.0 Å². The second-order valence-electron chi connectivity index (χ2n) is 3.78. The third-order valence-corrected chi connectivity index (χ3v) is 2.61. The van der Waals surface area contributed by atoms with E-state index in [4.69, 9.17) is 5.73 Å². The zero-order valence-electron chi connectivity index (χ0n) is 9.16. The molecule has 0 saturated heterocycles. The predicted molar refractivity (Wildman–Crippen MR) is 58.5 cm³/mol. The number of carbonyl (C=O) groups is 1. The molecule has 1 aliphatic carbocycles. The first-order valence-electron chi connectivity index (χ1n) is 5.33. The number of carbonyl (C=O) groups excluding carboxylic acids is 1. The number of hydrogen-bond acceptors (Lipinski definition) is 3. The molecule has 15 heavy (non-hydrogen) atoms. The molecule has 0 aromatic heterocycles. The number of nitrogens with one attached hydrogen (secondary N) is 1. The van der Waals surface area contributed by atoms with Gasteiger partial charge in [0.05, 0.1) is 13.5 Å². The Morgan fingerprint density at radius 1 is 1.60 bits per heavy atom. The van der Waals surface area contributed by atoms with Crippen LogP contribution in [0.3, 0.4) is 0 Å². The van der Waals surface area contributed by atoms with Crippen molar-refractivity contribution in [2.75, 3.05) is 20.2 Å². The summed E-state index contributed by atoms with van der Waals surface area (Å²) < 4.78 is 4.50. The summed E-state index contributed by atoms with van der Waals surface area (Å²) in [6, 6.07) is 0. The predicted octanol–water partition coefficient (Wildman–Crippen LogP) is 0.254. The van der Waals surface area contributed by atoms with Gasteiger partial charge in [-0.05, 0) is 18.8 Å². The van der Waals surface area contributed by atoms with Crippen LogP contribution in [0.4, 0.5) is 0 Å². The quantitative estimate of drug-likeness (QED) is 0.390. The maximum Gasteiger partial charge on any atom is 0.307 e. The molecule has 0 heterocycles. The Hall–Kier alpha value is -1.26. The number of nitrogens with two attached hydrogens (primary N) is 1. The van der Waals surface area contributed by atoms with Gasteiger partial charge in [-0.3, -0.25) is 9.79 Å². The summed E-state index contributed by atoms with van der Waals surface area (Å²) in [7, 11) is 1.37. The summed E-state index contributed by atoms with van der Waals surface area (Å²) in [5.41, 5.74) is 5.62. The average molecular weight is 213 g/mol. The molecule has 0 atom stereocenters. The highest BCUT2D eigenvalue weighted by Gasteiger charge is 2.16. The number of esters is 1. The smallest absolute Gasteiger partial charge is 0.307 e. The van der Waals surface area contributed by atoms with Crippen LogP contribution in [0.25, 0.3) is 0 Å². The molecule has 86 valence electrons. The molecular weight excluding hydrogens is 194 g/mol. The van der Waals surface area contributed by atoms with E-state index in [-0.39, 0.29) is 5.97 Å². The summed E-state index contributed by atoms with van der Waals surface area (Å²) in [5, 5.41) is 2.88. The van der Waals surface area contributed by atoms with Crippen molar-refractivity contribution in [3.63, 3.8) is 0 Å². The minimum absolute atomic E-state index is 0.241. The van der Waals surface area contributed by atoms with Crippen molar-refractivity contribution in [2.45, 2.75) is 25.7 Å². The van der Waals surface area contributed by atoms with Crippen molar-refractivity contribution in [1.29, 1.82) is 0 Å². The molecular formula is C10H19N3O2. The molecule has 0 bridgehead atoms. The first-order valence-corrected chi connectivity index (χ1v) is 5.33. The van der Waals surface area contributed by atoms with E-state index in [9.17, 15) is 4.79 Å². The van der Waals surface area contributed by atoms with Crippen LogP contribution in [0.15, 0.2) is 4.99 Å². The molecule has 3 N–H and O–H groups in total. The zero-order valence-corrected chi connectivity index (χ0v) is 9.16. The SMILES string of the molecule is COC(=O)CCNC(N)=NCC1CCC1. The van der Waals surface area contributed by atoms with Crippen molar-refractivity contribution in [3.05, 3.63) is 0 Å². The van der Waals surface area contributed by atoms with Gasteiger partial charge in [0.2, 0.25) is 0 Å². The molecule has 0 spiro atoms. The van der Waals surface area contributed by atoms with Crippen LogP contribution < -0.4 is 11.1 Å². The number of aliphatic imine (C=N–C) groups is 1. The lowest BCUT2D eigenvalue weighted by atomic mass is 9.86. The van der Waals surface area contributed by atoms with Crippen molar-refractivity contribution in [1.82, 2.24) is 5.32 Å². The summed E-state index contributed by atoms with van der Waals surface area (Å²) in [5.74, 6) is 0.894. The van der Waals surface area contributed by atoms with Crippen LogP contribution >= 0.6 is 0 Å². The number of rotatable bonds is 5. The van der Waals surface area contributed by atoms with Crippen molar-refractivity contribution in [3.8, 4) is 0 Å². The van der Waals surface area contributed by atoms with E-state index in [1.807, 2.05) is 0 Å². The Balaban J connectivity index is 2.05. The highest BCUT2D eigenvalue weighted by atomic mass is 16.5. The topological polar surface area (TPSA) is 76.7 Å². The molecule has 0 aromatic rings. The van der Waals surface area contributed by atoms with Crippen molar-refractivity contribution < 1.29 is 9.53 Å². The van der Waals surface area contributed by atoms with Gasteiger partial charge in [-0.15, -0.1) is 0 Å². The average Bonchev–Trinajstić information content (AvgIpc) is 2.15. The molecule has 5 heteroatoms. The standard InChI is InChI=1S/C10H19N3O2/c1-15-9(14)5-6-12-10(11)13-7-8-3-2-4-8/h8H,2-7H2,1H3,(H3,11,12,13). The molecule has 0 aliphatic heterocycles. The third-order valence-electron chi connectivity index (χ3n) is 2.61. The van der Waals surface area contributed by atoms with Crippen LogP contribution in [0.1, 0.15) is 25.7 Å². The van der Waals surface area contributed by atoms with E-state index in [1.165, 1.54) is 26.4 Å². The van der Waals surface area contributed by atoms with Gasteiger partial charge >= 0.3 is 5.97 Å². The fraction of sp³-hybridized carbons (Fsp3) is 0.800. The van der Waals surface area contributed by atoms with E-state index in [1.54, 1.807) is 0 Å².